The number of hydrogen-bond acceptors (Lipinski definition) is 4. The Hall–Kier alpha value is -2.37. The quantitative estimate of drug-likeness (QED) is 0.796. The van der Waals surface area contributed by atoms with Gasteiger partial charge in [-0.3, -0.25) is 14.6 Å². The minimum Gasteiger partial charge on any atom is -0.495 e. The Morgan fingerprint density at radius 2 is 1.64 bits per heavy atom. The van der Waals surface area contributed by atoms with Crippen LogP contribution in [0.4, 0.5) is 5.69 Å². The summed E-state index contributed by atoms with van der Waals surface area (Å²) in [6.45, 7) is 9.60. The third kappa shape index (κ3) is 5.57. The Balaban J connectivity index is 1.44. The van der Waals surface area contributed by atoms with Crippen molar-refractivity contribution in [3.63, 3.8) is 0 Å². The first-order valence-corrected chi connectivity index (χ1v) is 10.0. The molecule has 5 heteroatoms. The molecular formula is C23H31N3O2. The van der Waals surface area contributed by atoms with E-state index >= 15 is 0 Å². The van der Waals surface area contributed by atoms with Gasteiger partial charge in [0.25, 0.3) is 0 Å². The smallest absolute Gasteiger partial charge is 0.238 e. The fourth-order valence-corrected chi connectivity index (χ4v) is 3.51. The van der Waals surface area contributed by atoms with Crippen molar-refractivity contribution in [3.05, 3.63) is 59.7 Å². The van der Waals surface area contributed by atoms with Crippen LogP contribution >= 0.6 is 0 Å². The zero-order chi connectivity index (χ0) is 19.9. The number of benzene rings is 2. The normalized spacial score (nSPS) is 15.6. The van der Waals surface area contributed by atoms with Crippen LogP contribution < -0.4 is 10.1 Å². The van der Waals surface area contributed by atoms with Crippen LogP contribution in [0.25, 0.3) is 0 Å². The summed E-state index contributed by atoms with van der Waals surface area (Å²) >= 11 is 0. The lowest BCUT2D eigenvalue weighted by molar-refractivity contribution is -0.117. The summed E-state index contributed by atoms with van der Waals surface area (Å²) in [5.74, 6) is 1.26. The Morgan fingerprint density at radius 3 is 2.29 bits per heavy atom. The first-order valence-electron chi connectivity index (χ1n) is 10.0. The highest BCUT2D eigenvalue weighted by molar-refractivity contribution is 5.93. The van der Waals surface area contributed by atoms with E-state index in [2.05, 4.69) is 53.2 Å². The van der Waals surface area contributed by atoms with Crippen LogP contribution in [0.1, 0.15) is 30.9 Å². The SMILES string of the molecule is COc1ccccc1NC(=O)CN1CCN(Cc2ccc(C(C)C)cc2)CC1. The van der Waals surface area contributed by atoms with E-state index in [-0.39, 0.29) is 5.91 Å². The number of nitrogens with one attached hydrogen (secondary N) is 1. The van der Waals surface area contributed by atoms with Crippen LogP contribution in [-0.2, 0) is 11.3 Å². The Labute approximate surface area is 168 Å². The predicted octanol–water partition coefficient (Wildman–Crippen LogP) is 3.57. The number of carbonyl (C=O) groups excluding carboxylic acids is 1. The Morgan fingerprint density at radius 1 is 1.00 bits per heavy atom. The van der Waals surface area contributed by atoms with E-state index in [1.807, 2.05) is 24.3 Å². The van der Waals surface area contributed by atoms with Gasteiger partial charge in [-0.1, -0.05) is 50.2 Å². The number of para-hydroxylation sites is 2. The lowest BCUT2D eigenvalue weighted by Crippen LogP contribution is -2.48. The van der Waals surface area contributed by atoms with Crippen molar-refractivity contribution in [2.24, 2.45) is 0 Å². The molecule has 0 atom stereocenters. The standard InChI is InChI=1S/C23H31N3O2/c1-18(2)20-10-8-19(9-11-20)16-25-12-14-26(15-13-25)17-23(27)24-21-6-4-5-7-22(21)28-3/h4-11,18H,12-17H2,1-3H3,(H,24,27). The van der Waals surface area contributed by atoms with Crippen LogP contribution in [0.2, 0.25) is 0 Å². The minimum atomic E-state index is 0.00206. The van der Waals surface area contributed by atoms with E-state index in [0.717, 1.165) is 38.4 Å². The van der Waals surface area contributed by atoms with Gasteiger partial charge in [0.1, 0.15) is 5.75 Å². The molecule has 0 radical (unpaired) electrons. The summed E-state index contributed by atoms with van der Waals surface area (Å²) in [7, 11) is 1.61. The average molecular weight is 382 g/mol. The summed E-state index contributed by atoms with van der Waals surface area (Å²) in [5.41, 5.74) is 3.46. The number of amides is 1. The number of nitrogens with zero attached hydrogens (tertiary/aromatic N) is 2. The van der Waals surface area contributed by atoms with Crippen molar-refractivity contribution in [3.8, 4) is 5.75 Å². The molecule has 1 amide bonds. The van der Waals surface area contributed by atoms with Gasteiger partial charge in [-0.2, -0.15) is 0 Å². The molecule has 0 aliphatic carbocycles. The third-order valence-electron chi connectivity index (χ3n) is 5.27. The van der Waals surface area contributed by atoms with Crippen molar-refractivity contribution in [1.82, 2.24) is 9.80 Å². The van der Waals surface area contributed by atoms with Gasteiger partial charge >= 0.3 is 0 Å². The van der Waals surface area contributed by atoms with Gasteiger partial charge in [-0.15, -0.1) is 0 Å². The second-order valence-electron chi connectivity index (χ2n) is 7.70. The molecule has 1 heterocycles. The maximum Gasteiger partial charge on any atom is 0.238 e. The lowest BCUT2D eigenvalue weighted by Gasteiger charge is -2.34. The largest absolute Gasteiger partial charge is 0.495 e. The molecule has 150 valence electrons. The van der Waals surface area contributed by atoms with E-state index in [9.17, 15) is 4.79 Å². The predicted molar refractivity (Wildman–Crippen MR) is 114 cm³/mol. The van der Waals surface area contributed by atoms with Gasteiger partial charge < -0.3 is 10.1 Å². The average Bonchev–Trinajstić information content (AvgIpc) is 2.70. The van der Waals surface area contributed by atoms with Crippen LogP contribution in [0.15, 0.2) is 48.5 Å². The zero-order valence-corrected chi connectivity index (χ0v) is 17.1. The third-order valence-corrected chi connectivity index (χ3v) is 5.27. The number of piperazine rings is 1. The van der Waals surface area contributed by atoms with Crippen LogP contribution in [0.5, 0.6) is 5.75 Å². The first-order chi connectivity index (χ1) is 13.5. The fraction of sp³-hybridized carbons (Fsp3) is 0.435. The second kappa shape index (κ2) is 9.71. The van der Waals surface area contributed by atoms with E-state index in [4.69, 9.17) is 4.74 Å². The van der Waals surface area contributed by atoms with Gasteiger partial charge in [-0.05, 0) is 29.2 Å². The molecule has 5 nitrogen and oxygen atoms in total. The topological polar surface area (TPSA) is 44.8 Å². The summed E-state index contributed by atoms with van der Waals surface area (Å²) in [4.78, 5) is 17.1. The van der Waals surface area contributed by atoms with E-state index in [0.29, 0.717) is 18.2 Å². The van der Waals surface area contributed by atoms with Crippen molar-refractivity contribution >= 4 is 11.6 Å². The molecule has 0 saturated carbocycles. The maximum absolute atomic E-state index is 12.4. The van der Waals surface area contributed by atoms with Crippen molar-refractivity contribution in [2.45, 2.75) is 26.3 Å². The number of carbonyl (C=O) groups is 1. The van der Waals surface area contributed by atoms with Crippen molar-refractivity contribution in [1.29, 1.82) is 0 Å². The minimum absolute atomic E-state index is 0.00206. The Kier molecular flexibility index (Phi) is 7.06. The monoisotopic (exact) mass is 381 g/mol. The van der Waals surface area contributed by atoms with Crippen molar-refractivity contribution < 1.29 is 9.53 Å². The highest BCUT2D eigenvalue weighted by Gasteiger charge is 2.19. The molecule has 1 N–H and O–H groups in total. The summed E-state index contributed by atoms with van der Waals surface area (Å²) < 4.78 is 5.29. The molecule has 1 aliphatic rings. The van der Waals surface area contributed by atoms with Gasteiger partial charge in [0.2, 0.25) is 5.91 Å². The van der Waals surface area contributed by atoms with Crippen LogP contribution in [0.3, 0.4) is 0 Å². The van der Waals surface area contributed by atoms with E-state index < -0.39 is 0 Å². The maximum atomic E-state index is 12.4. The number of methoxy groups -OCH3 is 1. The molecule has 2 aromatic rings. The molecule has 3 rings (SSSR count). The van der Waals surface area contributed by atoms with Gasteiger partial charge in [0.15, 0.2) is 0 Å². The number of ether oxygens (including phenoxy) is 1. The Bertz CT molecular complexity index is 766. The molecule has 1 fully saturated rings. The fourth-order valence-electron chi connectivity index (χ4n) is 3.51. The van der Waals surface area contributed by atoms with Gasteiger partial charge in [0.05, 0.1) is 19.3 Å². The molecule has 2 aromatic carbocycles. The number of anilines is 1. The summed E-state index contributed by atoms with van der Waals surface area (Å²) in [6, 6.07) is 16.4. The molecule has 0 unspecified atom stereocenters. The highest BCUT2D eigenvalue weighted by Crippen LogP contribution is 2.23. The van der Waals surface area contributed by atoms with Crippen LogP contribution in [-0.4, -0.2) is 55.5 Å². The molecular weight excluding hydrogens is 350 g/mol. The number of rotatable bonds is 7. The first kappa shape index (κ1) is 20.4. The highest BCUT2D eigenvalue weighted by atomic mass is 16.5. The second-order valence-corrected chi connectivity index (χ2v) is 7.70. The molecule has 0 bridgehead atoms. The van der Waals surface area contributed by atoms with Crippen molar-refractivity contribution in [2.75, 3.05) is 45.2 Å². The van der Waals surface area contributed by atoms with E-state index in [1.165, 1.54) is 11.1 Å². The zero-order valence-electron chi connectivity index (χ0n) is 17.1. The van der Waals surface area contributed by atoms with Crippen LogP contribution in [0, 0.1) is 0 Å². The molecule has 1 aliphatic heterocycles. The summed E-state index contributed by atoms with van der Waals surface area (Å²) in [6.07, 6.45) is 0. The molecule has 0 spiro atoms. The summed E-state index contributed by atoms with van der Waals surface area (Å²) in [5, 5.41) is 2.95. The van der Waals surface area contributed by atoms with E-state index in [1.54, 1.807) is 7.11 Å². The number of hydrogen-bond donors (Lipinski definition) is 1. The molecule has 28 heavy (non-hydrogen) atoms. The van der Waals surface area contributed by atoms with Gasteiger partial charge in [0, 0.05) is 32.7 Å². The lowest BCUT2D eigenvalue weighted by atomic mass is 10.0. The molecule has 1 saturated heterocycles. The van der Waals surface area contributed by atoms with Gasteiger partial charge in [-0.25, -0.2) is 0 Å². The molecule has 0 aromatic heterocycles.